The minimum absolute atomic E-state index is 0.0585. The van der Waals surface area contributed by atoms with E-state index >= 15 is 0 Å². The second-order valence-corrected chi connectivity index (χ2v) is 9.93. The Labute approximate surface area is 195 Å². The first-order valence-electron chi connectivity index (χ1n) is 10.5. The van der Waals surface area contributed by atoms with Crippen LogP contribution in [0.3, 0.4) is 0 Å². The third-order valence-electron chi connectivity index (χ3n) is 5.89. The van der Waals surface area contributed by atoms with Crippen LogP contribution in [0.15, 0.2) is 52.0 Å². The van der Waals surface area contributed by atoms with E-state index in [0.29, 0.717) is 41.1 Å². The number of halogens is 1. The van der Waals surface area contributed by atoms with Crippen LogP contribution in [0.5, 0.6) is 0 Å². The molecule has 0 amide bonds. The van der Waals surface area contributed by atoms with Crippen LogP contribution in [0.4, 0.5) is 5.69 Å². The van der Waals surface area contributed by atoms with E-state index in [4.69, 9.17) is 16.3 Å². The third-order valence-corrected chi connectivity index (χ3v) is 7.54. The highest BCUT2D eigenvalue weighted by atomic mass is 35.5. The van der Waals surface area contributed by atoms with Crippen molar-refractivity contribution in [2.75, 3.05) is 11.4 Å². The molecule has 3 aromatic rings. The number of anilines is 1. The molecule has 0 bridgehead atoms. The average molecular weight is 483 g/mol. The molecule has 0 spiro atoms. The molecule has 0 aliphatic carbocycles. The van der Waals surface area contributed by atoms with Crippen LogP contribution in [0.25, 0.3) is 5.52 Å². The number of amidine groups is 1. The molecule has 0 saturated carbocycles. The number of nitriles is 1. The molecule has 33 heavy (non-hydrogen) atoms. The zero-order valence-corrected chi connectivity index (χ0v) is 19.1. The molecule has 0 unspecified atom stereocenters. The number of nitrogens with zero attached hydrogens (tertiary/aromatic N) is 4. The van der Waals surface area contributed by atoms with Gasteiger partial charge in [-0.05, 0) is 37.1 Å². The Hall–Kier alpha value is -3.35. The van der Waals surface area contributed by atoms with Crippen molar-refractivity contribution in [2.24, 2.45) is 4.40 Å². The maximum atomic E-state index is 12.8. The molecule has 2 aliphatic rings. The highest BCUT2D eigenvalue weighted by Crippen LogP contribution is 2.38. The summed E-state index contributed by atoms with van der Waals surface area (Å²) in [6, 6.07) is 10.3. The largest absolute Gasteiger partial charge is 0.457 e. The van der Waals surface area contributed by atoms with Crippen molar-refractivity contribution in [3.8, 4) is 6.07 Å². The first-order valence-corrected chi connectivity index (χ1v) is 12.3. The molecule has 0 radical (unpaired) electrons. The van der Waals surface area contributed by atoms with Gasteiger partial charge in [0.25, 0.3) is 10.0 Å². The summed E-state index contributed by atoms with van der Waals surface area (Å²) in [7, 11) is -3.96. The van der Waals surface area contributed by atoms with E-state index in [1.54, 1.807) is 22.9 Å². The van der Waals surface area contributed by atoms with Crippen LogP contribution >= 0.6 is 11.6 Å². The third kappa shape index (κ3) is 3.75. The van der Waals surface area contributed by atoms with Gasteiger partial charge in [0, 0.05) is 30.9 Å². The van der Waals surface area contributed by atoms with Gasteiger partial charge >= 0.3 is 5.97 Å². The Morgan fingerprint density at radius 3 is 2.91 bits per heavy atom. The number of esters is 1. The molecule has 10 heteroatoms. The Morgan fingerprint density at radius 2 is 2.09 bits per heavy atom. The van der Waals surface area contributed by atoms with Gasteiger partial charge < -0.3 is 14.0 Å². The standard InChI is InChI=1S/C23H19ClN4O4S/c24-18-11-20-21(33(30,31)26-22-7-2-1-4-9-28(20)22)10-16(18)23(29)32-14-15-13-27-8-5-3-6-19(27)17(15)12-25/h3,5-6,8,10-11,13H,1-2,4,7,9,14H2. The van der Waals surface area contributed by atoms with E-state index in [1.165, 1.54) is 12.1 Å². The second-order valence-electron chi connectivity index (χ2n) is 7.96. The van der Waals surface area contributed by atoms with Crippen LogP contribution in [-0.4, -0.2) is 31.2 Å². The lowest BCUT2D eigenvalue weighted by Gasteiger charge is -2.30. The van der Waals surface area contributed by atoms with Crippen LogP contribution < -0.4 is 4.90 Å². The van der Waals surface area contributed by atoms with Gasteiger partial charge in [0.15, 0.2) is 0 Å². The normalized spacial score (nSPS) is 16.8. The summed E-state index contributed by atoms with van der Waals surface area (Å²) in [4.78, 5) is 14.7. The average Bonchev–Trinajstić information content (AvgIpc) is 2.99. The number of hydrogen-bond acceptors (Lipinski definition) is 6. The van der Waals surface area contributed by atoms with E-state index in [1.807, 2.05) is 17.0 Å². The molecule has 1 fully saturated rings. The van der Waals surface area contributed by atoms with Gasteiger partial charge in [0.05, 0.1) is 27.4 Å². The van der Waals surface area contributed by atoms with E-state index in [9.17, 15) is 18.5 Å². The molecule has 2 aliphatic heterocycles. The summed E-state index contributed by atoms with van der Waals surface area (Å²) in [5.74, 6) is -0.265. The predicted molar refractivity (Wildman–Crippen MR) is 123 cm³/mol. The van der Waals surface area contributed by atoms with E-state index in [2.05, 4.69) is 10.5 Å². The van der Waals surface area contributed by atoms with Crippen molar-refractivity contribution >= 4 is 44.6 Å². The van der Waals surface area contributed by atoms with Crippen molar-refractivity contribution in [3.63, 3.8) is 0 Å². The number of carbonyl (C=O) groups excluding carboxylic acids is 1. The summed E-state index contributed by atoms with van der Waals surface area (Å²) < 4.78 is 36.9. The van der Waals surface area contributed by atoms with Crippen LogP contribution in [0.1, 0.15) is 47.2 Å². The van der Waals surface area contributed by atoms with Crippen molar-refractivity contribution < 1.29 is 17.9 Å². The number of aromatic nitrogens is 1. The number of hydrogen-bond donors (Lipinski definition) is 0. The molecule has 2 aromatic heterocycles. The summed E-state index contributed by atoms with van der Waals surface area (Å²) in [6.07, 6.45) is 6.86. The van der Waals surface area contributed by atoms with Crippen molar-refractivity contribution in [1.82, 2.24) is 4.40 Å². The predicted octanol–water partition coefficient (Wildman–Crippen LogP) is 4.30. The molecule has 1 aromatic carbocycles. The molecule has 5 rings (SSSR count). The lowest BCUT2D eigenvalue weighted by molar-refractivity contribution is 0.0472. The van der Waals surface area contributed by atoms with Crippen LogP contribution in [0, 0.1) is 11.3 Å². The number of carbonyl (C=O) groups is 1. The Kier molecular flexibility index (Phi) is 5.35. The number of pyridine rings is 1. The van der Waals surface area contributed by atoms with Crippen molar-refractivity contribution in [1.29, 1.82) is 5.26 Å². The molecule has 1 saturated heterocycles. The van der Waals surface area contributed by atoms with Crippen molar-refractivity contribution in [2.45, 2.75) is 37.2 Å². The van der Waals surface area contributed by atoms with Gasteiger partial charge in [-0.15, -0.1) is 4.40 Å². The zero-order chi connectivity index (χ0) is 23.2. The maximum Gasteiger partial charge on any atom is 0.340 e. The zero-order valence-electron chi connectivity index (χ0n) is 17.5. The first-order chi connectivity index (χ1) is 15.9. The molecular formula is C23H19ClN4O4S. The minimum Gasteiger partial charge on any atom is -0.457 e. The number of benzene rings is 1. The lowest BCUT2D eigenvalue weighted by atomic mass is 10.1. The van der Waals surface area contributed by atoms with Gasteiger partial charge in [-0.2, -0.15) is 13.7 Å². The second kappa shape index (κ2) is 8.21. The Morgan fingerprint density at radius 1 is 1.24 bits per heavy atom. The van der Waals surface area contributed by atoms with Gasteiger partial charge in [-0.1, -0.05) is 24.1 Å². The molecular weight excluding hydrogens is 464 g/mol. The Bertz CT molecular complexity index is 1470. The fraction of sp³-hybridized carbons (Fsp3) is 0.261. The fourth-order valence-electron chi connectivity index (χ4n) is 4.29. The van der Waals surface area contributed by atoms with Gasteiger partial charge in [-0.25, -0.2) is 4.79 Å². The van der Waals surface area contributed by atoms with Crippen LogP contribution in [-0.2, 0) is 21.4 Å². The lowest BCUT2D eigenvalue weighted by Crippen LogP contribution is -2.35. The molecule has 8 nitrogen and oxygen atoms in total. The molecule has 4 heterocycles. The summed E-state index contributed by atoms with van der Waals surface area (Å²) in [5, 5.41) is 9.63. The minimum atomic E-state index is -3.96. The van der Waals surface area contributed by atoms with Crippen LogP contribution in [0.2, 0.25) is 5.02 Å². The topological polar surface area (TPSA) is 104 Å². The smallest absolute Gasteiger partial charge is 0.340 e. The summed E-state index contributed by atoms with van der Waals surface area (Å²) >= 11 is 6.41. The van der Waals surface area contributed by atoms with Crippen molar-refractivity contribution in [3.05, 3.63) is 64.4 Å². The maximum absolute atomic E-state index is 12.8. The van der Waals surface area contributed by atoms with E-state index < -0.39 is 16.0 Å². The van der Waals surface area contributed by atoms with E-state index in [0.717, 1.165) is 19.3 Å². The number of rotatable bonds is 3. The number of ether oxygens (including phenoxy) is 1. The Balaban J connectivity index is 1.46. The summed E-state index contributed by atoms with van der Waals surface area (Å²) in [6.45, 7) is 0.485. The first kappa shape index (κ1) is 21.5. The number of sulfonamides is 1. The molecule has 0 N–H and O–H groups in total. The molecule has 0 atom stereocenters. The summed E-state index contributed by atoms with van der Waals surface area (Å²) in [5.41, 5.74) is 2.03. The molecule has 168 valence electrons. The SMILES string of the molecule is N#Cc1c(COC(=O)c2cc3c(cc2Cl)N2CCCCCC2=NS3(=O)=O)cn2ccccc12. The highest BCUT2D eigenvalue weighted by Gasteiger charge is 2.33. The fourth-order valence-corrected chi connectivity index (χ4v) is 5.79. The van der Waals surface area contributed by atoms with Gasteiger partial charge in [0.2, 0.25) is 0 Å². The van der Waals surface area contributed by atoms with E-state index in [-0.39, 0.29) is 22.1 Å². The van der Waals surface area contributed by atoms with Gasteiger partial charge in [-0.3, -0.25) is 0 Å². The number of fused-ring (bicyclic) bond motifs is 4. The quantitative estimate of drug-likeness (QED) is 0.515. The highest BCUT2D eigenvalue weighted by molar-refractivity contribution is 7.90. The van der Waals surface area contributed by atoms with Gasteiger partial charge in [0.1, 0.15) is 23.4 Å². The monoisotopic (exact) mass is 482 g/mol.